The second-order valence-corrected chi connectivity index (χ2v) is 13.1. The fourth-order valence-electron chi connectivity index (χ4n) is 5.18. The summed E-state index contributed by atoms with van der Waals surface area (Å²) in [6, 6.07) is 16.8. The van der Waals surface area contributed by atoms with Gasteiger partial charge in [-0.25, -0.2) is 12.8 Å². The minimum atomic E-state index is -4.25. The highest BCUT2D eigenvalue weighted by molar-refractivity contribution is 7.92. The minimum Gasteiger partial charge on any atom is -0.352 e. The van der Waals surface area contributed by atoms with Gasteiger partial charge in [-0.05, 0) is 67.3 Å². The monoisotopic (exact) mass is 633 g/mol. The van der Waals surface area contributed by atoms with E-state index in [4.69, 9.17) is 23.2 Å². The van der Waals surface area contributed by atoms with Crippen LogP contribution in [0.25, 0.3) is 0 Å². The van der Waals surface area contributed by atoms with Crippen molar-refractivity contribution in [3.05, 3.63) is 94.2 Å². The number of nitrogens with one attached hydrogen (secondary N) is 1. The Morgan fingerprint density at radius 3 is 2.17 bits per heavy atom. The third-order valence-corrected chi connectivity index (χ3v) is 9.57. The van der Waals surface area contributed by atoms with E-state index in [1.165, 1.54) is 59.5 Å². The highest BCUT2D eigenvalue weighted by Crippen LogP contribution is 2.30. The second-order valence-electron chi connectivity index (χ2n) is 10.4. The van der Waals surface area contributed by atoms with E-state index >= 15 is 0 Å². The maximum absolute atomic E-state index is 14.1. The van der Waals surface area contributed by atoms with Gasteiger partial charge in [-0.1, -0.05) is 79.7 Å². The first-order chi connectivity index (χ1) is 20.1. The van der Waals surface area contributed by atoms with Crippen molar-refractivity contribution in [1.29, 1.82) is 0 Å². The van der Waals surface area contributed by atoms with Crippen molar-refractivity contribution in [2.24, 2.45) is 0 Å². The van der Waals surface area contributed by atoms with E-state index in [-0.39, 0.29) is 39.1 Å². The van der Waals surface area contributed by atoms with Crippen LogP contribution in [0.5, 0.6) is 0 Å². The first kappa shape index (κ1) is 31.8. The Morgan fingerprint density at radius 1 is 0.952 bits per heavy atom. The molecule has 3 aromatic rings. The Balaban J connectivity index is 1.71. The van der Waals surface area contributed by atoms with Crippen molar-refractivity contribution in [2.75, 3.05) is 10.8 Å². The largest absolute Gasteiger partial charge is 0.352 e. The molecule has 0 heterocycles. The molecule has 1 N–H and O–H groups in total. The third-order valence-electron chi connectivity index (χ3n) is 7.35. The average molecular weight is 635 g/mol. The maximum atomic E-state index is 14.1. The van der Waals surface area contributed by atoms with E-state index in [1.807, 2.05) is 0 Å². The van der Waals surface area contributed by atoms with Crippen molar-refractivity contribution in [3.8, 4) is 0 Å². The first-order valence-corrected chi connectivity index (χ1v) is 16.2. The molecule has 1 aliphatic rings. The highest BCUT2D eigenvalue weighted by Gasteiger charge is 2.34. The second kappa shape index (κ2) is 14.4. The Morgan fingerprint density at radius 2 is 1.57 bits per heavy atom. The molecule has 0 radical (unpaired) electrons. The maximum Gasteiger partial charge on any atom is 0.264 e. The van der Waals surface area contributed by atoms with E-state index in [2.05, 4.69) is 5.32 Å². The van der Waals surface area contributed by atoms with Crippen LogP contribution >= 0.6 is 23.2 Å². The van der Waals surface area contributed by atoms with E-state index in [1.54, 1.807) is 25.1 Å². The van der Waals surface area contributed by atoms with Crippen LogP contribution in [0.2, 0.25) is 10.0 Å². The lowest BCUT2D eigenvalue weighted by Crippen LogP contribution is -2.54. The summed E-state index contributed by atoms with van der Waals surface area (Å²) < 4.78 is 42.4. The zero-order valence-electron chi connectivity index (χ0n) is 23.3. The van der Waals surface area contributed by atoms with Gasteiger partial charge in [0.25, 0.3) is 10.0 Å². The molecule has 11 heteroatoms. The Bertz CT molecular complexity index is 1460. The molecule has 0 aromatic heterocycles. The van der Waals surface area contributed by atoms with Crippen LogP contribution in [-0.4, -0.2) is 43.8 Å². The summed E-state index contributed by atoms with van der Waals surface area (Å²) >= 11 is 12.5. The molecule has 0 spiro atoms. The molecule has 42 heavy (non-hydrogen) atoms. The molecule has 0 unspecified atom stereocenters. The summed E-state index contributed by atoms with van der Waals surface area (Å²) in [5.41, 5.74) is 0.697. The Hall–Kier alpha value is -3.14. The number of benzene rings is 3. The van der Waals surface area contributed by atoms with Crippen LogP contribution in [-0.2, 0) is 26.2 Å². The van der Waals surface area contributed by atoms with Crippen molar-refractivity contribution in [2.45, 2.75) is 69.0 Å². The van der Waals surface area contributed by atoms with Gasteiger partial charge in [-0.15, -0.1) is 0 Å². The number of hydrogen-bond donors (Lipinski definition) is 1. The molecule has 1 fully saturated rings. The summed E-state index contributed by atoms with van der Waals surface area (Å²) in [5.74, 6) is -1.35. The van der Waals surface area contributed by atoms with Gasteiger partial charge in [-0.3, -0.25) is 13.9 Å². The fourth-order valence-corrected chi connectivity index (χ4v) is 7.12. The number of halogens is 3. The lowest BCUT2D eigenvalue weighted by molar-refractivity contribution is -0.140. The molecule has 224 valence electrons. The first-order valence-electron chi connectivity index (χ1n) is 14.0. The van der Waals surface area contributed by atoms with Gasteiger partial charge in [0.1, 0.15) is 18.4 Å². The zero-order valence-corrected chi connectivity index (χ0v) is 25.6. The van der Waals surface area contributed by atoms with Gasteiger partial charge in [0.15, 0.2) is 0 Å². The zero-order chi connectivity index (χ0) is 30.3. The number of amides is 2. The molecule has 0 saturated heterocycles. The molecule has 1 aliphatic carbocycles. The number of nitrogens with zero attached hydrogens (tertiary/aromatic N) is 2. The summed E-state index contributed by atoms with van der Waals surface area (Å²) in [4.78, 5) is 29.0. The minimum absolute atomic E-state index is 0.0200. The Labute approximate surface area is 256 Å². The topological polar surface area (TPSA) is 86.8 Å². The summed E-state index contributed by atoms with van der Waals surface area (Å²) in [5, 5.41) is 3.48. The summed E-state index contributed by atoms with van der Waals surface area (Å²) in [7, 11) is -4.25. The van der Waals surface area contributed by atoms with Crippen molar-refractivity contribution in [1.82, 2.24) is 10.2 Å². The van der Waals surface area contributed by atoms with E-state index < -0.39 is 34.3 Å². The molecule has 1 atom stereocenters. The molecule has 2 amide bonds. The lowest BCUT2D eigenvalue weighted by Gasteiger charge is -2.34. The molecule has 4 rings (SSSR count). The average Bonchev–Trinajstić information content (AvgIpc) is 2.97. The van der Waals surface area contributed by atoms with Gasteiger partial charge >= 0.3 is 0 Å². The third kappa shape index (κ3) is 8.02. The summed E-state index contributed by atoms with van der Waals surface area (Å²) in [6.07, 6.45) is 5.19. The standard InChI is InChI=1S/C31H34Cl2FN3O4S/c1-2-29(31(39)35-26-9-5-3-6-10-26)36(20-22-13-15-25(34)16-14-22)30(38)21-37(27-18-23(32)17-24(33)19-27)42(40,41)28-11-7-4-8-12-28/h4,7-8,11-19,26,29H,2-3,5-6,9-10,20-21H2,1H3,(H,35,39)/t29-/m0/s1. The van der Waals surface area contributed by atoms with Crippen LogP contribution in [0.15, 0.2) is 77.7 Å². The number of hydrogen-bond acceptors (Lipinski definition) is 4. The van der Waals surface area contributed by atoms with Crippen molar-refractivity contribution >= 4 is 50.7 Å². The predicted molar refractivity (Wildman–Crippen MR) is 163 cm³/mol. The molecular weight excluding hydrogens is 600 g/mol. The fraction of sp³-hybridized carbons (Fsp3) is 0.355. The van der Waals surface area contributed by atoms with Gasteiger partial charge < -0.3 is 10.2 Å². The van der Waals surface area contributed by atoms with Crippen LogP contribution in [0.4, 0.5) is 10.1 Å². The number of rotatable bonds is 11. The number of carbonyl (C=O) groups is 2. The van der Waals surface area contributed by atoms with Gasteiger partial charge in [-0.2, -0.15) is 0 Å². The normalized spacial score (nSPS) is 14.7. The molecule has 3 aromatic carbocycles. The molecule has 0 bridgehead atoms. The van der Waals surface area contributed by atoms with Crippen LogP contribution in [0, 0.1) is 5.82 Å². The predicted octanol–water partition coefficient (Wildman–Crippen LogP) is 6.58. The summed E-state index contributed by atoms with van der Waals surface area (Å²) in [6.45, 7) is 1.15. The van der Waals surface area contributed by atoms with E-state index in [0.29, 0.717) is 12.0 Å². The van der Waals surface area contributed by atoms with Crippen LogP contribution < -0.4 is 9.62 Å². The molecule has 7 nitrogen and oxygen atoms in total. The van der Waals surface area contributed by atoms with E-state index in [9.17, 15) is 22.4 Å². The number of carbonyl (C=O) groups excluding carboxylic acids is 2. The highest BCUT2D eigenvalue weighted by atomic mass is 35.5. The van der Waals surface area contributed by atoms with Crippen molar-refractivity contribution in [3.63, 3.8) is 0 Å². The lowest BCUT2D eigenvalue weighted by atomic mass is 9.95. The smallest absolute Gasteiger partial charge is 0.264 e. The van der Waals surface area contributed by atoms with Gasteiger partial charge in [0.2, 0.25) is 11.8 Å². The van der Waals surface area contributed by atoms with Crippen LogP contribution in [0.1, 0.15) is 51.0 Å². The van der Waals surface area contributed by atoms with Gasteiger partial charge in [0.05, 0.1) is 10.6 Å². The van der Waals surface area contributed by atoms with Gasteiger partial charge in [0, 0.05) is 22.6 Å². The number of sulfonamides is 1. The SMILES string of the molecule is CC[C@@H](C(=O)NC1CCCCC1)N(Cc1ccc(F)cc1)C(=O)CN(c1cc(Cl)cc(Cl)c1)S(=O)(=O)c1ccccc1. The molecule has 0 aliphatic heterocycles. The van der Waals surface area contributed by atoms with Crippen LogP contribution in [0.3, 0.4) is 0 Å². The Kier molecular flexibility index (Phi) is 10.9. The van der Waals surface area contributed by atoms with E-state index in [0.717, 1.165) is 36.4 Å². The van der Waals surface area contributed by atoms with Crippen molar-refractivity contribution < 1.29 is 22.4 Å². The molecular formula is C31H34Cl2FN3O4S. The quantitative estimate of drug-likeness (QED) is 0.258. The number of anilines is 1. The molecule has 1 saturated carbocycles.